The minimum atomic E-state index is -3.99. The number of morpholine rings is 1. The molecule has 1 aliphatic rings. The largest absolute Gasteiger partial charge is 0.495 e. The predicted octanol–water partition coefficient (Wildman–Crippen LogP) is 2.39. The molecule has 1 aliphatic heterocycles. The lowest BCUT2D eigenvalue weighted by Crippen LogP contribution is -2.40. The highest BCUT2D eigenvalue weighted by Crippen LogP contribution is 2.29. The fourth-order valence-corrected chi connectivity index (χ4v) is 4.35. The number of benzene rings is 2. The standard InChI is InChI=1S/C18H17F3N2O5S/c1-27-14-5-2-11(10-15(14)29(25,26)23-6-8-28-9-7-23)18(24)22-13-4-3-12(19)16(20)17(13)21/h2-5,10H,6-9H2,1H3,(H,22,24). The van der Waals surface area contributed by atoms with Crippen LogP contribution in [0.1, 0.15) is 10.4 Å². The third-order valence-corrected chi connectivity index (χ3v) is 6.22. The summed E-state index contributed by atoms with van der Waals surface area (Å²) >= 11 is 0. The van der Waals surface area contributed by atoms with E-state index in [0.717, 1.165) is 12.1 Å². The Bertz CT molecular complexity index is 1040. The van der Waals surface area contributed by atoms with E-state index in [2.05, 4.69) is 5.32 Å². The zero-order valence-corrected chi connectivity index (χ0v) is 16.1. The zero-order chi connectivity index (χ0) is 21.2. The van der Waals surface area contributed by atoms with Crippen molar-refractivity contribution >= 4 is 21.6 Å². The van der Waals surface area contributed by atoms with E-state index in [1.807, 2.05) is 0 Å². The summed E-state index contributed by atoms with van der Waals surface area (Å²) in [4.78, 5) is 12.2. The van der Waals surface area contributed by atoms with Crippen LogP contribution in [0, 0.1) is 17.5 Å². The number of nitrogens with zero attached hydrogens (tertiary/aromatic N) is 1. The monoisotopic (exact) mass is 430 g/mol. The molecule has 0 spiro atoms. The van der Waals surface area contributed by atoms with Crippen LogP contribution in [0.25, 0.3) is 0 Å². The molecule has 1 N–H and O–H groups in total. The lowest BCUT2D eigenvalue weighted by atomic mass is 10.2. The summed E-state index contributed by atoms with van der Waals surface area (Å²) in [5.74, 6) is -5.58. The van der Waals surface area contributed by atoms with Gasteiger partial charge in [0.15, 0.2) is 17.5 Å². The van der Waals surface area contributed by atoms with Gasteiger partial charge in [-0.15, -0.1) is 0 Å². The molecule has 0 atom stereocenters. The Labute approximate surface area is 165 Å². The third kappa shape index (κ3) is 4.21. The number of ether oxygens (including phenoxy) is 2. The number of hydrogen-bond donors (Lipinski definition) is 1. The first kappa shape index (κ1) is 21.1. The van der Waals surface area contributed by atoms with Crippen molar-refractivity contribution in [2.24, 2.45) is 0 Å². The van der Waals surface area contributed by atoms with Crippen molar-refractivity contribution in [3.8, 4) is 5.75 Å². The number of carbonyl (C=O) groups is 1. The fraction of sp³-hybridized carbons (Fsp3) is 0.278. The predicted molar refractivity (Wildman–Crippen MR) is 96.8 cm³/mol. The highest BCUT2D eigenvalue weighted by atomic mass is 32.2. The number of sulfonamides is 1. The topological polar surface area (TPSA) is 84.9 Å². The fourth-order valence-electron chi connectivity index (χ4n) is 2.76. The van der Waals surface area contributed by atoms with Crippen LogP contribution in [0.4, 0.5) is 18.9 Å². The van der Waals surface area contributed by atoms with E-state index in [-0.39, 0.29) is 42.5 Å². The minimum absolute atomic E-state index is 0.0204. The van der Waals surface area contributed by atoms with E-state index < -0.39 is 39.1 Å². The Morgan fingerprint density at radius 1 is 1.10 bits per heavy atom. The van der Waals surface area contributed by atoms with Crippen molar-refractivity contribution in [3.63, 3.8) is 0 Å². The molecule has 156 valence electrons. The summed E-state index contributed by atoms with van der Waals surface area (Å²) in [7, 11) is -2.71. The maximum absolute atomic E-state index is 13.8. The van der Waals surface area contributed by atoms with Crippen LogP contribution in [0.2, 0.25) is 0 Å². The van der Waals surface area contributed by atoms with Gasteiger partial charge in [0.05, 0.1) is 26.0 Å². The van der Waals surface area contributed by atoms with Crippen molar-refractivity contribution in [1.82, 2.24) is 4.31 Å². The van der Waals surface area contributed by atoms with E-state index in [1.165, 1.54) is 23.5 Å². The summed E-state index contributed by atoms with van der Waals surface area (Å²) in [6.45, 7) is 0.748. The molecule has 29 heavy (non-hydrogen) atoms. The molecule has 1 amide bonds. The first-order valence-corrected chi connectivity index (χ1v) is 9.90. The second-order valence-corrected chi connectivity index (χ2v) is 7.97. The Hall–Kier alpha value is -2.63. The molecule has 0 saturated carbocycles. The molecule has 0 aromatic heterocycles. The van der Waals surface area contributed by atoms with Crippen LogP contribution in [0.5, 0.6) is 5.75 Å². The maximum Gasteiger partial charge on any atom is 0.255 e. The number of halogens is 3. The van der Waals surface area contributed by atoms with E-state index in [0.29, 0.717) is 6.07 Å². The van der Waals surface area contributed by atoms with Gasteiger partial charge in [0.25, 0.3) is 5.91 Å². The lowest BCUT2D eigenvalue weighted by molar-refractivity contribution is 0.0729. The Kier molecular flexibility index (Phi) is 6.10. The summed E-state index contributed by atoms with van der Waals surface area (Å²) in [6, 6.07) is 5.15. The molecule has 11 heteroatoms. The van der Waals surface area contributed by atoms with Crippen molar-refractivity contribution in [1.29, 1.82) is 0 Å². The Morgan fingerprint density at radius 3 is 2.45 bits per heavy atom. The van der Waals surface area contributed by atoms with Crippen LogP contribution >= 0.6 is 0 Å². The van der Waals surface area contributed by atoms with E-state index in [1.54, 1.807) is 0 Å². The van der Waals surface area contributed by atoms with Crippen LogP contribution < -0.4 is 10.1 Å². The average Bonchev–Trinajstić information content (AvgIpc) is 2.74. The van der Waals surface area contributed by atoms with Gasteiger partial charge in [-0.2, -0.15) is 4.31 Å². The molecular formula is C18H17F3N2O5S. The SMILES string of the molecule is COc1ccc(C(=O)Nc2ccc(F)c(F)c2F)cc1S(=O)(=O)N1CCOCC1. The molecular weight excluding hydrogens is 413 g/mol. The van der Waals surface area contributed by atoms with Crippen molar-refractivity contribution in [2.75, 3.05) is 38.7 Å². The van der Waals surface area contributed by atoms with Crippen LogP contribution in [-0.2, 0) is 14.8 Å². The Balaban J connectivity index is 1.94. The average molecular weight is 430 g/mol. The number of rotatable bonds is 5. The smallest absolute Gasteiger partial charge is 0.255 e. The van der Waals surface area contributed by atoms with Gasteiger partial charge in [-0.3, -0.25) is 4.79 Å². The normalized spacial score (nSPS) is 15.2. The third-order valence-electron chi connectivity index (χ3n) is 4.30. The summed E-state index contributed by atoms with van der Waals surface area (Å²) in [6.07, 6.45) is 0. The van der Waals surface area contributed by atoms with Gasteiger partial charge >= 0.3 is 0 Å². The number of hydrogen-bond acceptors (Lipinski definition) is 5. The van der Waals surface area contributed by atoms with Gasteiger partial charge in [0.2, 0.25) is 10.0 Å². The zero-order valence-electron chi connectivity index (χ0n) is 15.2. The van der Waals surface area contributed by atoms with Gasteiger partial charge < -0.3 is 14.8 Å². The van der Waals surface area contributed by atoms with Crippen LogP contribution in [-0.4, -0.2) is 52.0 Å². The van der Waals surface area contributed by atoms with Crippen LogP contribution in [0.3, 0.4) is 0 Å². The molecule has 2 aromatic rings. The lowest BCUT2D eigenvalue weighted by Gasteiger charge is -2.26. The molecule has 1 heterocycles. The minimum Gasteiger partial charge on any atom is -0.495 e. The molecule has 2 aromatic carbocycles. The number of amides is 1. The second kappa shape index (κ2) is 8.39. The van der Waals surface area contributed by atoms with E-state index in [4.69, 9.17) is 9.47 Å². The van der Waals surface area contributed by atoms with Gasteiger partial charge in [-0.05, 0) is 30.3 Å². The number of methoxy groups -OCH3 is 1. The molecule has 0 radical (unpaired) electrons. The highest BCUT2D eigenvalue weighted by molar-refractivity contribution is 7.89. The molecule has 3 rings (SSSR count). The van der Waals surface area contributed by atoms with E-state index >= 15 is 0 Å². The van der Waals surface area contributed by atoms with Gasteiger partial charge in [-0.25, -0.2) is 21.6 Å². The van der Waals surface area contributed by atoms with Crippen molar-refractivity contribution < 1.29 is 35.9 Å². The van der Waals surface area contributed by atoms with Crippen molar-refractivity contribution in [2.45, 2.75) is 4.90 Å². The molecule has 0 aliphatic carbocycles. The molecule has 7 nitrogen and oxygen atoms in total. The summed E-state index contributed by atoms with van der Waals surface area (Å²) in [5, 5.41) is 2.10. The van der Waals surface area contributed by atoms with Crippen molar-refractivity contribution in [3.05, 3.63) is 53.3 Å². The highest BCUT2D eigenvalue weighted by Gasteiger charge is 2.30. The molecule has 0 unspecified atom stereocenters. The van der Waals surface area contributed by atoms with Gasteiger partial charge in [0.1, 0.15) is 10.6 Å². The quantitative estimate of drug-likeness (QED) is 0.737. The van der Waals surface area contributed by atoms with Crippen LogP contribution in [0.15, 0.2) is 35.2 Å². The van der Waals surface area contributed by atoms with Gasteiger partial charge in [-0.1, -0.05) is 0 Å². The maximum atomic E-state index is 13.8. The number of carbonyl (C=O) groups excluding carboxylic acids is 1. The number of nitrogens with one attached hydrogen (secondary N) is 1. The molecule has 1 saturated heterocycles. The second-order valence-electron chi connectivity index (χ2n) is 6.06. The van der Waals surface area contributed by atoms with Gasteiger partial charge in [0, 0.05) is 18.7 Å². The first-order valence-electron chi connectivity index (χ1n) is 8.46. The Morgan fingerprint density at radius 2 is 1.79 bits per heavy atom. The summed E-state index contributed by atoms with van der Waals surface area (Å²) in [5.41, 5.74) is -0.718. The van der Waals surface area contributed by atoms with E-state index in [9.17, 15) is 26.4 Å². The first-order chi connectivity index (χ1) is 13.8. The number of anilines is 1. The summed E-state index contributed by atoms with van der Waals surface area (Å²) < 4.78 is 77.5. The molecule has 0 bridgehead atoms. The molecule has 1 fully saturated rings.